The van der Waals surface area contributed by atoms with Crippen LogP contribution < -0.4 is 0 Å². The fraction of sp³-hybridized carbons (Fsp3) is 0.185. The van der Waals surface area contributed by atoms with Crippen molar-refractivity contribution in [1.29, 1.82) is 0 Å². The molecule has 6 heterocycles. The molecule has 6 rings (SSSR count). The van der Waals surface area contributed by atoms with E-state index in [4.69, 9.17) is 15.0 Å². The van der Waals surface area contributed by atoms with Gasteiger partial charge < -0.3 is 9.55 Å². The molecule has 196 valence electrons. The van der Waals surface area contributed by atoms with Crippen molar-refractivity contribution in [2.24, 2.45) is 7.05 Å². The normalized spacial score (nSPS) is 11.6. The third-order valence-electron chi connectivity index (χ3n) is 5.81. The molecule has 6 aromatic heterocycles. The fourth-order valence-corrected chi connectivity index (χ4v) is 7.48. The highest BCUT2D eigenvalue weighted by atomic mass is 33.1. The molecule has 0 spiro atoms. The third-order valence-corrected chi connectivity index (χ3v) is 9.98. The zero-order chi connectivity index (χ0) is 26.8. The Labute approximate surface area is 242 Å². The smallest absolute Gasteiger partial charge is 0.161 e. The number of hydrogen-bond acceptors (Lipinski definition) is 10. The average Bonchev–Trinajstić information content (AvgIpc) is 3.53. The lowest BCUT2D eigenvalue weighted by Gasteiger charge is -2.06. The van der Waals surface area contributed by atoms with E-state index in [-0.39, 0.29) is 0 Å². The van der Waals surface area contributed by atoms with Gasteiger partial charge in [0.1, 0.15) is 22.4 Å². The number of nitrogens with one attached hydrogen (secondary N) is 1. The highest BCUT2D eigenvalue weighted by Gasteiger charge is 2.17. The van der Waals surface area contributed by atoms with Crippen molar-refractivity contribution in [1.82, 2.24) is 39.5 Å². The number of rotatable bonds is 9. The van der Waals surface area contributed by atoms with Gasteiger partial charge in [-0.15, -0.1) is 23.5 Å². The Bertz CT molecular complexity index is 1780. The Balaban J connectivity index is 1.23. The van der Waals surface area contributed by atoms with E-state index in [0.29, 0.717) is 0 Å². The average molecular weight is 589 g/mol. The monoisotopic (exact) mass is 588 g/mol. The number of nitrogens with zero attached hydrogens (tertiary/aromatic N) is 7. The molecule has 0 amide bonds. The van der Waals surface area contributed by atoms with Crippen LogP contribution in [0.3, 0.4) is 0 Å². The Kier molecular flexibility index (Phi) is 7.78. The summed E-state index contributed by atoms with van der Waals surface area (Å²) in [5.74, 6) is 3.50. The molecule has 12 heteroatoms. The highest BCUT2D eigenvalue weighted by Crippen LogP contribution is 2.39. The van der Waals surface area contributed by atoms with Gasteiger partial charge in [-0.05, 0) is 47.9 Å². The van der Waals surface area contributed by atoms with Gasteiger partial charge in [-0.3, -0.25) is 9.97 Å². The topological polar surface area (TPSA) is 98.1 Å². The lowest BCUT2D eigenvalue weighted by atomic mass is 10.3. The summed E-state index contributed by atoms with van der Waals surface area (Å²) >= 11 is 3.52. The number of fused-ring (bicyclic) bond motifs is 2. The van der Waals surface area contributed by atoms with Gasteiger partial charge in [0, 0.05) is 51.4 Å². The fourth-order valence-electron chi connectivity index (χ4n) is 4.12. The van der Waals surface area contributed by atoms with Crippen LogP contribution in [0.5, 0.6) is 0 Å². The first kappa shape index (κ1) is 26.2. The number of hydrogen-bond donors (Lipinski definition) is 1. The number of H-pyrrole nitrogens is 1. The second-order valence-electron chi connectivity index (χ2n) is 8.37. The van der Waals surface area contributed by atoms with E-state index >= 15 is 0 Å². The predicted molar refractivity (Wildman–Crippen MR) is 163 cm³/mol. The van der Waals surface area contributed by atoms with Crippen LogP contribution in [-0.2, 0) is 7.05 Å². The molecule has 0 radical (unpaired) electrons. The largest absolute Gasteiger partial charge is 0.321 e. The maximum atomic E-state index is 4.90. The summed E-state index contributed by atoms with van der Waals surface area (Å²) in [5.41, 5.74) is 4.98. The van der Waals surface area contributed by atoms with Crippen LogP contribution in [0, 0.1) is 0 Å². The van der Waals surface area contributed by atoms with Gasteiger partial charge in [0.15, 0.2) is 22.9 Å². The number of aromatic amines is 1. The molecule has 0 saturated heterocycles. The van der Waals surface area contributed by atoms with E-state index in [9.17, 15) is 0 Å². The molecule has 0 atom stereocenters. The molecule has 0 unspecified atom stereocenters. The molecule has 39 heavy (non-hydrogen) atoms. The molecule has 0 fully saturated rings. The van der Waals surface area contributed by atoms with E-state index in [0.717, 1.165) is 76.5 Å². The van der Waals surface area contributed by atoms with Gasteiger partial charge in [0.25, 0.3) is 0 Å². The van der Waals surface area contributed by atoms with Gasteiger partial charge in [-0.1, -0.05) is 35.4 Å². The number of aryl methyl sites for hydroxylation is 1. The van der Waals surface area contributed by atoms with E-state index in [1.807, 2.05) is 42.3 Å². The van der Waals surface area contributed by atoms with Gasteiger partial charge in [0.05, 0.1) is 0 Å². The lowest BCUT2D eigenvalue weighted by Crippen LogP contribution is -1.97. The summed E-state index contributed by atoms with van der Waals surface area (Å²) in [6.07, 6.45) is 7.36. The molecule has 8 nitrogen and oxygen atoms in total. The number of imidazole rings is 2. The van der Waals surface area contributed by atoms with Crippen LogP contribution in [0.4, 0.5) is 0 Å². The predicted octanol–water partition coefficient (Wildman–Crippen LogP) is 7.39. The summed E-state index contributed by atoms with van der Waals surface area (Å²) in [5, 5.41) is 0. The van der Waals surface area contributed by atoms with Crippen molar-refractivity contribution in [3.63, 3.8) is 0 Å². The maximum absolute atomic E-state index is 4.90. The highest BCUT2D eigenvalue weighted by molar-refractivity contribution is 8.76. The minimum absolute atomic E-state index is 0.734. The van der Waals surface area contributed by atoms with Gasteiger partial charge in [0.2, 0.25) is 0 Å². The van der Waals surface area contributed by atoms with Crippen LogP contribution in [0.1, 0.15) is 13.8 Å². The van der Waals surface area contributed by atoms with E-state index in [1.165, 1.54) is 0 Å². The molecule has 0 aliphatic rings. The molecule has 0 bridgehead atoms. The number of thioether (sulfide) groups is 2. The second kappa shape index (κ2) is 11.6. The number of aromatic nitrogens is 8. The lowest BCUT2D eigenvalue weighted by molar-refractivity contribution is 0.926. The Hall–Kier alpha value is -3.06. The summed E-state index contributed by atoms with van der Waals surface area (Å²) < 4.78 is 2.01. The SMILES string of the molecule is CCSc1cccnc1-c1nc2cc(SSc3cnc4c(c3)nc(-c3ncccc3SCC)n4C)cnc2[nH]1. The van der Waals surface area contributed by atoms with Crippen molar-refractivity contribution < 1.29 is 0 Å². The molecule has 0 saturated carbocycles. The molecule has 6 aromatic rings. The Morgan fingerprint density at radius 1 is 0.769 bits per heavy atom. The van der Waals surface area contributed by atoms with E-state index in [1.54, 1.807) is 51.3 Å². The van der Waals surface area contributed by atoms with Crippen LogP contribution >= 0.6 is 45.1 Å². The standard InChI is InChI=1S/C27H24N8S4/c1-4-36-20-8-6-10-28-22(20)25-32-18-12-16(14-30-24(18)34-25)38-39-17-13-19-26(31-15-17)35(3)27(33-19)23-21(37-5-2)9-7-11-29-23/h6-15H,4-5H2,1-3H3,(H,30,32,34). The maximum Gasteiger partial charge on any atom is 0.161 e. The van der Waals surface area contributed by atoms with Crippen LogP contribution in [-0.4, -0.2) is 51.0 Å². The third kappa shape index (κ3) is 5.38. The first-order chi connectivity index (χ1) is 19.1. The van der Waals surface area contributed by atoms with Crippen LogP contribution in [0.15, 0.2) is 80.8 Å². The quantitative estimate of drug-likeness (QED) is 0.136. The van der Waals surface area contributed by atoms with Crippen molar-refractivity contribution in [3.05, 3.63) is 61.2 Å². The molecule has 0 aliphatic carbocycles. The van der Waals surface area contributed by atoms with E-state index < -0.39 is 0 Å². The molecule has 0 aliphatic heterocycles. The first-order valence-electron chi connectivity index (χ1n) is 12.3. The van der Waals surface area contributed by atoms with Crippen molar-refractivity contribution in [3.8, 4) is 23.0 Å². The van der Waals surface area contributed by atoms with Crippen LogP contribution in [0.2, 0.25) is 0 Å². The number of pyridine rings is 4. The summed E-state index contributed by atoms with van der Waals surface area (Å²) in [4.78, 5) is 35.8. The summed E-state index contributed by atoms with van der Waals surface area (Å²) in [6, 6.07) is 12.2. The summed E-state index contributed by atoms with van der Waals surface area (Å²) in [6.45, 7) is 4.27. The van der Waals surface area contributed by atoms with Gasteiger partial charge >= 0.3 is 0 Å². The minimum atomic E-state index is 0.734. The van der Waals surface area contributed by atoms with Crippen molar-refractivity contribution in [2.45, 2.75) is 33.4 Å². The molecular formula is C27H24N8S4. The Morgan fingerprint density at radius 3 is 2.13 bits per heavy atom. The first-order valence-corrected chi connectivity index (χ1v) is 16.5. The Morgan fingerprint density at radius 2 is 1.41 bits per heavy atom. The zero-order valence-electron chi connectivity index (χ0n) is 21.5. The molecule has 0 aromatic carbocycles. The second-order valence-corrected chi connectivity index (χ2v) is 13.3. The molecule has 1 N–H and O–H groups in total. The van der Waals surface area contributed by atoms with Gasteiger partial charge in [-0.2, -0.15) is 0 Å². The minimum Gasteiger partial charge on any atom is -0.321 e. The van der Waals surface area contributed by atoms with E-state index in [2.05, 4.69) is 58.0 Å². The van der Waals surface area contributed by atoms with Crippen LogP contribution in [0.25, 0.3) is 45.4 Å². The van der Waals surface area contributed by atoms with Gasteiger partial charge in [-0.25, -0.2) is 19.9 Å². The summed E-state index contributed by atoms with van der Waals surface area (Å²) in [7, 11) is 5.23. The molecular weight excluding hydrogens is 565 g/mol. The van der Waals surface area contributed by atoms with Crippen molar-refractivity contribution >= 4 is 67.4 Å². The van der Waals surface area contributed by atoms with Crippen molar-refractivity contribution in [2.75, 3.05) is 11.5 Å². The zero-order valence-corrected chi connectivity index (χ0v) is 24.7.